The molecule has 14 heteroatoms. The number of pyridine rings is 4. The number of ketones is 4. The van der Waals surface area contributed by atoms with Crippen LogP contribution in [0.25, 0.3) is 0 Å². The van der Waals surface area contributed by atoms with Gasteiger partial charge in [-0.05, 0) is 97.1 Å². The van der Waals surface area contributed by atoms with Crippen LogP contribution in [0, 0.1) is 0 Å². The number of carbonyl (C=O) groups is 4. The van der Waals surface area contributed by atoms with Crippen LogP contribution in [0.5, 0.6) is 0 Å². The van der Waals surface area contributed by atoms with Gasteiger partial charge in [-0.2, -0.15) is 0 Å². The molecule has 0 aliphatic carbocycles. The predicted molar refractivity (Wildman–Crippen MR) is 200 cm³/mol. The van der Waals surface area contributed by atoms with Crippen LogP contribution >= 0.6 is 0 Å². The van der Waals surface area contributed by atoms with E-state index >= 15 is 0 Å². The van der Waals surface area contributed by atoms with Crippen molar-refractivity contribution in [3.05, 3.63) is 206 Å². The SMILES string of the molecule is O=C(/C=C/Cn1cc[n+](C/C=C/C(=O)c2ccncc2)c1)c1ccncc1.O=C(/C=C/Cn1cc[n+](C/C=C/C(=O)c2ccncc2)c1)c1ccncc1.[Cl-].[Cl-]. The van der Waals surface area contributed by atoms with E-state index in [9.17, 15) is 19.2 Å². The van der Waals surface area contributed by atoms with Crippen LogP contribution in [0.4, 0.5) is 0 Å². The number of halogens is 2. The molecule has 6 heterocycles. The average molecular weight is 790 g/mol. The Bertz CT molecular complexity index is 1940. The van der Waals surface area contributed by atoms with Crippen molar-refractivity contribution < 1.29 is 53.1 Å². The van der Waals surface area contributed by atoms with Crippen molar-refractivity contribution in [1.82, 2.24) is 29.1 Å². The number of aromatic nitrogens is 8. The lowest BCUT2D eigenvalue weighted by atomic mass is 10.2. The monoisotopic (exact) mass is 788 g/mol. The topological polar surface area (TPSA) is 137 Å². The standard InChI is InChI=1S/2C21H19N4O2.2ClH/c2*26-20(18-5-9-22-10-6-18)3-1-13-24-15-16-25(17-24)14-2-4-21(27)19-7-11-23-12-8-19;;/h2*1-12,15-17H,13-14H2;2*1H/q2*+1;;/p-2/b2*3-1+,4-2+;;. The molecule has 6 aromatic rings. The highest BCUT2D eigenvalue weighted by atomic mass is 35.5. The van der Waals surface area contributed by atoms with Crippen molar-refractivity contribution in [3.63, 3.8) is 0 Å². The molecule has 0 aliphatic heterocycles. The van der Waals surface area contributed by atoms with Gasteiger partial charge in [0.2, 0.25) is 12.7 Å². The first-order valence-electron chi connectivity index (χ1n) is 17.0. The van der Waals surface area contributed by atoms with E-state index in [1.54, 1.807) is 122 Å². The fourth-order valence-electron chi connectivity index (χ4n) is 4.88. The van der Waals surface area contributed by atoms with E-state index in [2.05, 4.69) is 19.9 Å². The zero-order valence-corrected chi connectivity index (χ0v) is 31.6. The minimum Gasteiger partial charge on any atom is -1.00 e. The summed E-state index contributed by atoms with van der Waals surface area (Å²) in [5.74, 6) is -0.185. The minimum atomic E-state index is -0.0463. The average Bonchev–Trinajstić information content (AvgIpc) is 3.88. The predicted octanol–water partition coefficient (Wildman–Crippen LogP) is -1.10. The molecular weight excluding hydrogens is 751 g/mol. The number of hydrogen-bond acceptors (Lipinski definition) is 8. The Morgan fingerprint density at radius 1 is 0.446 bits per heavy atom. The van der Waals surface area contributed by atoms with Gasteiger partial charge >= 0.3 is 0 Å². The molecule has 0 spiro atoms. The summed E-state index contributed by atoms with van der Waals surface area (Å²) in [6, 6.07) is 13.5. The van der Waals surface area contributed by atoms with Gasteiger partial charge in [-0.3, -0.25) is 39.1 Å². The molecular formula is C42H38Cl2N8O4. The van der Waals surface area contributed by atoms with Crippen molar-refractivity contribution in [2.75, 3.05) is 0 Å². The van der Waals surface area contributed by atoms with E-state index in [0.29, 0.717) is 48.4 Å². The molecule has 12 nitrogen and oxygen atoms in total. The summed E-state index contributed by atoms with van der Waals surface area (Å²) in [5, 5.41) is 0. The first kappa shape index (κ1) is 43.6. The molecule has 56 heavy (non-hydrogen) atoms. The molecule has 0 radical (unpaired) electrons. The van der Waals surface area contributed by atoms with Crippen LogP contribution in [0.15, 0.2) is 184 Å². The van der Waals surface area contributed by atoms with Crippen molar-refractivity contribution in [2.24, 2.45) is 0 Å². The van der Waals surface area contributed by atoms with Crippen molar-refractivity contribution in [1.29, 1.82) is 0 Å². The van der Waals surface area contributed by atoms with Gasteiger partial charge in [0, 0.05) is 71.8 Å². The highest BCUT2D eigenvalue weighted by Gasteiger charge is 2.06. The van der Waals surface area contributed by atoms with Crippen LogP contribution in [0.3, 0.4) is 0 Å². The number of carbonyl (C=O) groups excluding carboxylic acids is 4. The molecule has 284 valence electrons. The minimum absolute atomic E-state index is 0. The molecule has 0 aromatic carbocycles. The Morgan fingerprint density at radius 3 is 1.00 bits per heavy atom. The number of hydrogen-bond donors (Lipinski definition) is 0. The summed E-state index contributed by atoms with van der Waals surface area (Å²) in [5.41, 5.74) is 2.47. The van der Waals surface area contributed by atoms with E-state index < -0.39 is 0 Å². The van der Waals surface area contributed by atoms with E-state index in [0.717, 1.165) is 0 Å². The van der Waals surface area contributed by atoms with Gasteiger partial charge in [-0.1, -0.05) is 0 Å². The summed E-state index contributed by atoms with van der Waals surface area (Å²) in [7, 11) is 0. The molecule has 0 amide bonds. The third kappa shape index (κ3) is 14.6. The normalized spacial score (nSPS) is 10.9. The maximum Gasteiger partial charge on any atom is 0.244 e. The van der Waals surface area contributed by atoms with Gasteiger partial charge in [-0.25, -0.2) is 18.3 Å². The molecule has 0 bridgehead atoms. The highest BCUT2D eigenvalue weighted by molar-refractivity contribution is 6.05. The van der Waals surface area contributed by atoms with Crippen LogP contribution in [-0.2, 0) is 26.2 Å². The van der Waals surface area contributed by atoms with Gasteiger partial charge in [-0.15, -0.1) is 0 Å². The third-order valence-corrected chi connectivity index (χ3v) is 7.69. The van der Waals surface area contributed by atoms with Gasteiger partial charge in [0.15, 0.2) is 23.1 Å². The second-order valence-electron chi connectivity index (χ2n) is 11.6. The summed E-state index contributed by atoms with van der Waals surface area (Å²) in [6.07, 6.45) is 37.8. The second kappa shape index (κ2) is 23.8. The van der Waals surface area contributed by atoms with Crippen LogP contribution in [-0.4, -0.2) is 52.2 Å². The molecule has 6 rings (SSSR count). The van der Waals surface area contributed by atoms with Crippen molar-refractivity contribution in [3.8, 4) is 0 Å². The molecule has 0 atom stereocenters. The van der Waals surface area contributed by atoms with Gasteiger partial charge in [0.05, 0.1) is 0 Å². The molecule has 0 fully saturated rings. The van der Waals surface area contributed by atoms with Gasteiger partial charge in [0.25, 0.3) is 0 Å². The molecule has 0 saturated carbocycles. The number of rotatable bonds is 16. The lowest BCUT2D eigenvalue weighted by molar-refractivity contribution is -0.686. The zero-order valence-electron chi connectivity index (χ0n) is 30.1. The van der Waals surface area contributed by atoms with Crippen molar-refractivity contribution >= 4 is 23.1 Å². The van der Waals surface area contributed by atoms with E-state index in [4.69, 9.17) is 0 Å². The Labute approximate surface area is 336 Å². The largest absolute Gasteiger partial charge is 1.00 e. The van der Waals surface area contributed by atoms with E-state index in [-0.39, 0.29) is 47.9 Å². The lowest BCUT2D eigenvalue weighted by Gasteiger charge is -1.94. The molecule has 0 aliphatic rings. The van der Waals surface area contributed by atoms with Gasteiger partial charge < -0.3 is 24.8 Å². The highest BCUT2D eigenvalue weighted by Crippen LogP contribution is 2.02. The van der Waals surface area contributed by atoms with Gasteiger partial charge in [0.1, 0.15) is 51.0 Å². The first-order chi connectivity index (χ1) is 26.4. The number of imidazole rings is 2. The maximum absolute atomic E-state index is 12.0. The molecule has 0 unspecified atom stereocenters. The van der Waals surface area contributed by atoms with Crippen LogP contribution in [0.1, 0.15) is 41.4 Å². The fraction of sp³-hybridized carbons (Fsp3) is 0.0952. The Balaban J connectivity index is 0.000000290. The Hall–Kier alpha value is -6.76. The van der Waals surface area contributed by atoms with E-state index in [1.807, 2.05) is 80.0 Å². The number of allylic oxidation sites excluding steroid dienone is 8. The summed E-state index contributed by atoms with van der Waals surface area (Å²) < 4.78 is 7.81. The maximum atomic E-state index is 12.0. The molecule has 0 saturated heterocycles. The summed E-state index contributed by atoms with van der Waals surface area (Å²) >= 11 is 0. The Morgan fingerprint density at radius 2 is 0.714 bits per heavy atom. The first-order valence-corrected chi connectivity index (χ1v) is 17.0. The van der Waals surface area contributed by atoms with Crippen LogP contribution < -0.4 is 33.9 Å². The lowest BCUT2D eigenvalue weighted by Crippen LogP contribution is -3.00. The third-order valence-electron chi connectivity index (χ3n) is 7.69. The zero-order chi connectivity index (χ0) is 37.8. The van der Waals surface area contributed by atoms with Crippen LogP contribution in [0.2, 0.25) is 0 Å². The fourth-order valence-corrected chi connectivity index (χ4v) is 4.88. The Kier molecular flexibility index (Phi) is 18.6. The van der Waals surface area contributed by atoms with Crippen molar-refractivity contribution in [2.45, 2.75) is 26.2 Å². The molecule has 0 N–H and O–H groups in total. The molecule has 6 aromatic heterocycles. The number of nitrogens with zero attached hydrogens (tertiary/aromatic N) is 8. The summed E-state index contributed by atoms with van der Waals surface area (Å²) in [6.45, 7) is 2.35. The van der Waals surface area contributed by atoms with E-state index in [1.165, 1.54) is 0 Å². The summed E-state index contributed by atoms with van der Waals surface area (Å²) in [4.78, 5) is 63.5. The quantitative estimate of drug-likeness (QED) is 0.0685. The second-order valence-corrected chi connectivity index (χ2v) is 11.6. The smallest absolute Gasteiger partial charge is 0.244 e.